The maximum atomic E-state index is 13.8. The first-order valence-corrected chi connectivity index (χ1v) is 11.2. The van der Waals surface area contributed by atoms with E-state index in [-0.39, 0.29) is 30.8 Å². The lowest BCUT2D eigenvalue weighted by Crippen LogP contribution is -2.53. The van der Waals surface area contributed by atoms with Gasteiger partial charge < -0.3 is 20.9 Å². The Balaban J connectivity index is 1.62. The molecule has 10 heteroatoms. The number of benzene rings is 3. The first-order chi connectivity index (χ1) is 17.3. The number of hydrogen-bond donors (Lipinski definition) is 2. The van der Waals surface area contributed by atoms with Crippen molar-refractivity contribution >= 4 is 17.7 Å². The summed E-state index contributed by atoms with van der Waals surface area (Å²) in [5.74, 6) is -5.03. The number of nitrogens with zero attached hydrogens (tertiary/aromatic N) is 2. The Bertz CT molecular complexity index is 1320. The van der Waals surface area contributed by atoms with E-state index >= 15 is 0 Å². The van der Waals surface area contributed by atoms with E-state index in [1.165, 1.54) is 18.2 Å². The average Bonchev–Trinajstić information content (AvgIpc) is 3.33. The van der Waals surface area contributed by atoms with Gasteiger partial charge in [0, 0.05) is 37.3 Å². The fourth-order valence-corrected chi connectivity index (χ4v) is 4.07. The third-order valence-electron chi connectivity index (χ3n) is 5.86. The molecule has 3 N–H and O–H groups in total. The highest BCUT2D eigenvalue weighted by Gasteiger charge is 2.43. The van der Waals surface area contributed by atoms with Crippen molar-refractivity contribution < 1.29 is 27.6 Å². The number of halogens is 3. The zero-order valence-electron chi connectivity index (χ0n) is 19.1. The minimum atomic E-state index is -1.39. The fraction of sp³-hybridized carbons (Fsp3) is 0.192. The van der Waals surface area contributed by atoms with Crippen molar-refractivity contribution in [2.75, 3.05) is 13.1 Å². The van der Waals surface area contributed by atoms with Gasteiger partial charge >= 0.3 is 0 Å². The van der Waals surface area contributed by atoms with E-state index in [1.807, 2.05) is 12.1 Å². The second kappa shape index (κ2) is 10.6. The number of carbonyl (C=O) groups is 3. The van der Waals surface area contributed by atoms with Gasteiger partial charge in [-0.2, -0.15) is 0 Å². The molecule has 1 fully saturated rings. The smallest absolute Gasteiger partial charge is 0.264 e. The molecule has 1 heterocycles. The van der Waals surface area contributed by atoms with E-state index < -0.39 is 41.3 Å². The average molecular weight is 496 g/mol. The van der Waals surface area contributed by atoms with Crippen LogP contribution in [-0.2, 0) is 17.9 Å². The van der Waals surface area contributed by atoms with Gasteiger partial charge in [0.1, 0.15) is 5.82 Å². The predicted molar refractivity (Wildman–Crippen MR) is 125 cm³/mol. The molecular formula is C26H23F3N4O3. The Labute approximate surface area is 205 Å². The summed E-state index contributed by atoms with van der Waals surface area (Å²) in [6.45, 7) is 0.348. The van der Waals surface area contributed by atoms with Gasteiger partial charge in [-0.05, 0) is 47.5 Å². The van der Waals surface area contributed by atoms with Crippen LogP contribution in [0.2, 0.25) is 0 Å². The second-order valence-electron chi connectivity index (χ2n) is 8.25. The number of nitrogens with two attached hydrogens (primary N) is 1. The molecular weight excluding hydrogens is 473 g/mol. The highest BCUT2D eigenvalue weighted by molar-refractivity contribution is 6.02. The zero-order chi connectivity index (χ0) is 25.8. The van der Waals surface area contributed by atoms with Crippen LogP contribution in [0.1, 0.15) is 31.8 Å². The Morgan fingerprint density at radius 3 is 2.08 bits per heavy atom. The topological polar surface area (TPSA) is 95.7 Å². The standard InChI is InChI=1S/C26H23F3N4O3/c27-20-6-2-5-18(12-20)25(35)32-9-10-33(26(36)19-7-8-21(28)22(29)13-19)24(32)23(34)31-15-17-4-1-3-16(11-17)14-30/h1-8,11-13,24H,9-10,14-15,30H2,(H,31,34). The molecule has 0 saturated carbocycles. The van der Waals surface area contributed by atoms with Gasteiger partial charge in [0.25, 0.3) is 17.7 Å². The van der Waals surface area contributed by atoms with Gasteiger partial charge in [0.05, 0.1) is 0 Å². The molecule has 0 aliphatic carbocycles. The highest BCUT2D eigenvalue weighted by atomic mass is 19.2. The molecule has 0 bridgehead atoms. The van der Waals surface area contributed by atoms with E-state index in [9.17, 15) is 27.6 Å². The summed E-state index contributed by atoms with van der Waals surface area (Å²) in [5, 5.41) is 2.72. The van der Waals surface area contributed by atoms with Gasteiger partial charge in [-0.3, -0.25) is 14.4 Å². The van der Waals surface area contributed by atoms with Crippen molar-refractivity contribution in [2.24, 2.45) is 5.73 Å². The molecule has 1 aliphatic rings. The highest BCUT2D eigenvalue weighted by Crippen LogP contribution is 2.22. The van der Waals surface area contributed by atoms with Crippen LogP contribution < -0.4 is 11.1 Å². The largest absolute Gasteiger partial charge is 0.349 e. The van der Waals surface area contributed by atoms with Crippen molar-refractivity contribution in [2.45, 2.75) is 19.3 Å². The van der Waals surface area contributed by atoms with E-state index in [0.29, 0.717) is 6.54 Å². The quantitative estimate of drug-likeness (QED) is 0.549. The third kappa shape index (κ3) is 5.23. The van der Waals surface area contributed by atoms with Crippen molar-refractivity contribution in [3.8, 4) is 0 Å². The maximum absolute atomic E-state index is 13.8. The summed E-state index contributed by atoms with van der Waals surface area (Å²) >= 11 is 0. The number of amides is 3. The number of carbonyl (C=O) groups excluding carboxylic acids is 3. The summed E-state index contributed by atoms with van der Waals surface area (Å²) in [6, 6.07) is 14.9. The molecule has 1 atom stereocenters. The van der Waals surface area contributed by atoms with E-state index in [0.717, 1.165) is 45.2 Å². The Hall–Kier alpha value is -4.18. The fourth-order valence-electron chi connectivity index (χ4n) is 4.07. The molecule has 3 aromatic rings. The molecule has 0 spiro atoms. The van der Waals surface area contributed by atoms with Gasteiger partial charge in [-0.15, -0.1) is 0 Å². The van der Waals surface area contributed by atoms with Gasteiger partial charge in [-0.25, -0.2) is 13.2 Å². The van der Waals surface area contributed by atoms with Gasteiger partial charge in [-0.1, -0.05) is 30.3 Å². The van der Waals surface area contributed by atoms with Crippen LogP contribution in [0.25, 0.3) is 0 Å². The molecule has 186 valence electrons. The normalized spacial score (nSPS) is 15.2. The first kappa shape index (κ1) is 24.9. The molecule has 4 rings (SSSR count). The minimum Gasteiger partial charge on any atom is -0.349 e. The summed E-state index contributed by atoms with van der Waals surface area (Å²) in [4.78, 5) is 42.0. The lowest BCUT2D eigenvalue weighted by atomic mass is 10.1. The molecule has 1 unspecified atom stereocenters. The molecule has 1 aliphatic heterocycles. The first-order valence-electron chi connectivity index (χ1n) is 11.2. The zero-order valence-corrected chi connectivity index (χ0v) is 19.1. The molecule has 36 heavy (non-hydrogen) atoms. The minimum absolute atomic E-state index is 0.00516. The van der Waals surface area contributed by atoms with Crippen molar-refractivity contribution in [1.82, 2.24) is 15.1 Å². The molecule has 0 aromatic heterocycles. The van der Waals surface area contributed by atoms with E-state index in [2.05, 4.69) is 5.32 Å². The van der Waals surface area contributed by atoms with Crippen molar-refractivity contribution in [3.63, 3.8) is 0 Å². The Morgan fingerprint density at radius 1 is 0.806 bits per heavy atom. The van der Waals surface area contributed by atoms with E-state index in [1.54, 1.807) is 12.1 Å². The Kier molecular flexibility index (Phi) is 7.35. The number of hydrogen-bond acceptors (Lipinski definition) is 4. The summed E-state index contributed by atoms with van der Waals surface area (Å²) in [5.41, 5.74) is 7.11. The lowest BCUT2D eigenvalue weighted by Gasteiger charge is -2.29. The number of rotatable bonds is 6. The van der Waals surface area contributed by atoms with Gasteiger partial charge in [0.2, 0.25) is 0 Å². The molecule has 7 nitrogen and oxygen atoms in total. The van der Waals surface area contributed by atoms with Crippen LogP contribution in [0.4, 0.5) is 13.2 Å². The number of nitrogens with one attached hydrogen (secondary N) is 1. The SMILES string of the molecule is NCc1cccc(CNC(=O)C2N(C(=O)c3cccc(F)c3)CCN2C(=O)c2ccc(F)c(F)c2)c1. The summed E-state index contributed by atoms with van der Waals surface area (Å²) < 4.78 is 40.9. The molecule has 0 radical (unpaired) electrons. The van der Waals surface area contributed by atoms with Crippen LogP contribution in [0.15, 0.2) is 66.7 Å². The third-order valence-corrected chi connectivity index (χ3v) is 5.86. The maximum Gasteiger partial charge on any atom is 0.264 e. The van der Waals surface area contributed by atoms with Crippen molar-refractivity contribution in [3.05, 3.63) is 106 Å². The van der Waals surface area contributed by atoms with Crippen LogP contribution in [0.5, 0.6) is 0 Å². The summed E-state index contributed by atoms with van der Waals surface area (Å²) in [6.07, 6.45) is -1.39. The monoisotopic (exact) mass is 496 g/mol. The Morgan fingerprint density at radius 2 is 1.44 bits per heavy atom. The molecule has 3 aromatic carbocycles. The lowest BCUT2D eigenvalue weighted by molar-refractivity contribution is -0.128. The van der Waals surface area contributed by atoms with Crippen LogP contribution >= 0.6 is 0 Å². The van der Waals surface area contributed by atoms with Crippen LogP contribution in [0.3, 0.4) is 0 Å². The predicted octanol–water partition coefficient (Wildman–Crippen LogP) is 2.80. The van der Waals surface area contributed by atoms with E-state index in [4.69, 9.17) is 5.73 Å². The summed E-state index contributed by atoms with van der Waals surface area (Å²) in [7, 11) is 0. The molecule has 1 saturated heterocycles. The van der Waals surface area contributed by atoms with Crippen LogP contribution in [0, 0.1) is 17.5 Å². The van der Waals surface area contributed by atoms with Gasteiger partial charge in [0.15, 0.2) is 17.8 Å². The second-order valence-corrected chi connectivity index (χ2v) is 8.25. The van der Waals surface area contributed by atoms with Crippen molar-refractivity contribution in [1.29, 1.82) is 0 Å². The van der Waals surface area contributed by atoms with Crippen LogP contribution in [-0.4, -0.2) is 46.8 Å². The molecule has 3 amide bonds.